The van der Waals surface area contributed by atoms with Crippen LogP contribution in [0, 0.1) is 0 Å². The lowest BCUT2D eigenvalue weighted by Gasteiger charge is -2.14. The standard InChI is InChI=1S/C17H19N3O3S/c1-12(16-7-2-3-10-18-16)19-17(21)13-5-4-6-15(11-13)24(22,23)20-14-8-9-14/h2-7,10-12,14,20H,8-9H2,1H3,(H,19,21). The quantitative estimate of drug-likeness (QED) is 0.838. The van der Waals surface area contributed by atoms with Crippen molar-refractivity contribution in [2.24, 2.45) is 0 Å². The topological polar surface area (TPSA) is 88.2 Å². The van der Waals surface area contributed by atoms with E-state index in [1.54, 1.807) is 24.4 Å². The zero-order chi connectivity index (χ0) is 17.2. The highest BCUT2D eigenvalue weighted by Gasteiger charge is 2.28. The summed E-state index contributed by atoms with van der Waals surface area (Å²) in [6.07, 6.45) is 3.39. The molecule has 1 aliphatic carbocycles. The van der Waals surface area contributed by atoms with Gasteiger partial charge in [-0.1, -0.05) is 12.1 Å². The first-order valence-corrected chi connectivity index (χ1v) is 9.28. The number of carbonyl (C=O) groups excluding carboxylic acids is 1. The molecule has 1 unspecified atom stereocenters. The van der Waals surface area contributed by atoms with Crippen LogP contribution in [0.15, 0.2) is 53.6 Å². The van der Waals surface area contributed by atoms with Crippen molar-refractivity contribution in [1.29, 1.82) is 0 Å². The number of rotatable bonds is 6. The van der Waals surface area contributed by atoms with Crippen LogP contribution in [0.4, 0.5) is 0 Å². The molecule has 7 heteroatoms. The Bertz CT molecular complexity index is 833. The van der Waals surface area contributed by atoms with Gasteiger partial charge in [-0.15, -0.1) is 0 Å². The third-order valence-electron chi connectivity index (χ3n) is 3.78. The van der Waals surface area contributed by atoms with Crippen LogP contribution in [-0.4, -0.2) is 25.4 Å². The minimum Gasteiger partial charge on any atom is -0.344 e. The second-order valence-electron chi connectivity index (χ2n) is 5.87. The van der Waals surface area contributed by atoms with Gasteiger partial charge in [0.05, 0.1) is 16.6 Å². The number of nitrogens with one attached hydrogen (secondary N) is 2. The smallest absolute Gasteiger partial charge is 0.251 e. The fourth-order valence-electron chi connectivity index (χ4n) is 2.28. The summed E-state index contributed by atoms with van der Waals surface area (Å²) >= 11 is 0. The summed E-state index contributed by atoms with van der Waals surface area (Å²) in [6, 6.07) is 11.3. The maximum Gasteiger partial charge on any atom is 0.251 e. The third kappa shape index (κ3) is 3.98. The summed E-state index contributed by atoms with van der Waals surface area (Å²) in [5, 5.41) is 2.83. The lowest BCUT2D eigenvalue weighted by Crippen LogP contribution is -2.28. The molecule has 24 heavy (non-hydrogen) atoms. The molecule has 2 N–H and O–H groups in total. The van der Waals surface area contributed by atoms with Gasteiger partial charge in [-0.25, -0.2) is 13.1 Å². The van der Waals surface area contributed by atoms with E-state index in [0.29, 0.717) is 5.56 Å². The van der Waals surface area contributed by atoms with E-state index in [0.717, 1.165) is 18.5 Å². The molecule has 126 valence electrons. The number of pyridine rings is 1. The van der Waals surface area contributed by atoms with Crippen molar-refractivity contribution in [2.75, 3.05) is 0 Å². The van der Waals surface area contributed by atoms with Crippen molar-refractivity contribution >= 4 is 15.9 Å². The summed E-state index contributed by atoms with van der Waals surface area (Å²) in [5.74, 6) is -0.336. The maximum absolute atomic E-state index is 12.4. The van der Waals surface area contributed by atoms with Gasteiger partial charge in [0, 0.05) is 17.8 Å². The molecule has 0 bridgehead atoms. The van der Waals surface area contributed by atoms with Gasteiger partial charge in [0.2, 0.25) is 10.0 Å². The number of hydrogen-bond donors (Lipinski definition) is 2. The van der Waals surface area contributed by atoms with Gasteiger partial charge in [-0.3, -0.25) is 9.78 Å². The molecule has 1 aromatic carbocycles. The van der Waals surface area contributed by atoms with Crippen LogP contribution >= 0.6 is 0 Å². The monoisotopic (exact) mass is 345 g/mol. The summed E-state index contributed by atoms with van der Waals surface area (Å²) in [6.45, 7) is 1.83. The van der Waals surface area contributed by atoms with Crippen LogP contribution < -0.4 is 10.0 Å². The Morgan fingerprint density at radius 2 is 2.00 bits per heavy atom. The van der Waals surface area contributed by atoms with Gasteiger partial charge in [0.1, 0.15) is 0 Å². The molecule has 2 aromatic rings. The van der Waals surface area contributed by atoms with Crippen LogP contribution in [0.1, 0.15) is 41.9 Å². The molecule has 1 aliphatic rings. The number of sulfonamides is 1. The van der Waals surface area contributed by atoms with E-state index in [-0.39, 0.29) is 22.9 Å². The first-order chi connectivity index (χ1) is 11.5. The Morgan fingerprint density at radius 3 is 2.67 bits per heavy atom. The minimum absolute atomic E-state index is 0.0247. The van der Waals surface area contributed by atoms with E-state index in [4.69, 9.17) is 0 Å². The van der Waals surface area contributed by atoms with Gasteiger partial charge < -0.3 is 5.32 Å². The lowest BCUT2D eigenvalue weighted by atomic mass is 10.1. The Hall–Kier alpha value is -2.25. The SMILES string of the molecule is CC(NC(=O)c1cccc(S(=O)(=O)NC2CC2)c1)c1ccccn1. The van der Waals surface area contributed by atoms with Crippen molar-refractivity contribution in [1.82, 2.24) is 15.0 Å². The van der Waals surface area contributed by atoms with Crippen LogP contribution in [0.25, 0.3) is 0 Å². The molecule has 1 heterocycles. The van der Waals surface area contributed by atoms with Crippen molar-refractivity contribution in [2.45, 2.75) is 36.7 Å². The Balaban J connectivity index is 1.74. The minimum atomic E-state index is -3.58. The van der Waals surface area contributed by atoms with E-state index < -0.39 is 10.0 Å². The summed E-state index contributed by atoms with van der Waals surface area (Å²) in [5.41, 5.74) is 1.04. The van der Waals surface area contributed by atoms with E-state index in [2.05, 4.69) is 15.0 Å². The zero-order valence-corrected chi connectivity index (χ0v) is 14.1. The van der Waals surface area contributed by atoms with Crippen molar-refractivity contribution < 1.29 is 13.2 Å². The molecule has 1 fully saturated rings. The number of nitrogens with zero attached hydrogens (tertiary/aromatic N) is 1. The highest BCUT2D eigenvalue weighted by atomic mass is 32.2. The maximum atomic E-state index is 12.4. The molecule has 1 atom stereocenters. The summed E-state index contributed by atoms with van der Waals surface area (Å²) < 4.78 is 27.1. The first-order valence-electron chi connectivity index (χ1n) is 7.80. The average Bonchev–Trinajstić information content (AvgIpc) is 3.39. The normalized spacial score (nSPS) is 15.7. The molecule has 1 aromatic heterocycles. The van der Waals surface area contributed by atoms with E-state index in [1.807, 2.05) is 19.1 Å². The molecule has 0 radical (unpaired) electrons. The van der Waals surface area contributed by atoms with Crippen molar-refractivity contribution in [3.8, 4) is 0 Å². The van der Waals surface area contributed by atoms with Gasteiger partial charge in [0.15, 0.2) is 0 Å². The second-order valence-corrected chi connectivity index (χ2v) is 7.59. The summed E-state index contributed by atoms with van der Waals surface area (Å²) in [4.78, 5) is 16.7. The van der Waals surface area contributed by atoms with Crippen LogP contribution in [0.2, 0.25) is 0 Å². The van der Waals surface area contributed by atoms with Crippen molar-refractivity contribution in [3.63, 3.8) is 0 Å². The van der Waals surface area contributed by atoms with E-state index in [9.17, 15) is 13.2 Å². The van der Waals surface area contributed by atoms with Gasteiger partial charge in [0.25, 0.3) is 5.91 Å². The fraction of sp³-hybridized carbons (Fsp3) is 0.294. The number of carbonyl (C=O) groups is 1. The molecule has 0 spiro atoms. The Morgan fingerprint density at radius 1 is 1.21 bits per heavy atom. The fourth-order valence-corrected chi connectivity index (χ4v) is 3.63. The molecule has 6 nitrogen and oxygen atoms in total. The molecule has 0 saturated heterocycles. The number of benzene rings is 1. The molecule has 1 amide bonds. The predicted octanol–water partition coefficient (Wildman–Crippen LogP) is 2.01. The van der Waals surface area contributed by atoms with Crippen LogP contribution in [-0.2, 0) is 10.0 Å². The third-order valence-corrected chi connectivity index (χ3v) is 5.30. The zero-order valence-electron chi connectivity index (χ0n) is 13.3. The molecular weight excluding hydrogens is 326 g/mol. The van der Waals surface area contributed by atoms with Gasteiger partial charge >= 0.3 is 0 Å². The van der Waals surface area contributed by atoms with E-state index >= 15 is 0 Å². The van der Waals surface area contributed by atoms with Gasteiger partial charge in [-0.05, 0) is 50.1 Å². The highest BCUT2D eigenvalue weighted by Crippen LogP contribution is 2.22. The lowest BCUT2D eigenvalue weighted by molar-refractivity contribution is 0.0939. The average molecular weight is 345 g/mol. The molecular formula is C17H19N3O3S. The molecule has 1 saturated carbocycles. The van der Waals surface area contributed by atoms with E-state index in [1.165, 1.54) is 12.1 Å². The largest absolute Gasteiger partial charge is 0.344 e. The number of aromatic nitrogens is 1. The Labute approximate surface area is 141 Å². The number of hydrogen-bond acceptors (Lipinski definition) is 4. The number of amides is 1. The van der Waals surface area contributed by atoms with Crippen molar-refractivity contribution in [3.05, 3.63) is 59.9 Å². The Kier molecular flexibility index (Phi) is 4.64. The predicted molar refractivity (Wildman–Crippen MR) is 89.9 cm³/mol. The van der Waals surface area contributed by atoms with Crippen LogP contribution in [0.3, 0.4) is 0 Å². The van der Waals surface area contributed by atoms with Gasteiger partial charge in [-0.2, -0.15) is 0 Å². The first kappa shape index (κ1) is 16.6. The summed E-state index contributed by atoms with van der Waals surface area (Å²) in [7, 11) is -3.58. The van der Waals surface area contributed by atoms with Crippen LogP contribution in [0.5, 0.6) is 0 Å². The molecule has 3 rings (SSSR count). The highest BCUT2D eigenvalue weighted by molar-refractivity contribution is 7.89. The molecule has 0 aliphatic heterocycles. The second kappa shape index (κ2) is 6.70.